The van der Waals surface area contributed by atoms with Gasteiger partial charge in [-0.2, -0.15) is 0 Å². The number of carbonyl (C=O) groups excluding carboxylic acids is 1. The van der Waals surface area contributed by atoms with Gasteiger partial charge in [0.05, 0.1) is 0 Å². The molecule has 0 heterocycles. The van der Waals surface area contributed by atoms with Crippen molar-refractivity contribution in [1.29, 1.82) is 0 Å². The number of nitrogens with two attached hydrogens (primary N) is 1. The van der Waals surface area contributed by atoms with Crippen LogP contribution in [0.15, 0.2) is 12.7 Å². The molecule has 0 amide bonds. The van der Waals surface area contributed by atoms with E-state index in [4.69, 9.17) is 5.73 Å². The lowest BCUT2D eigenvalue weighted by atomic mass is 9.84. The first-order valence-electron chi connectivity index (χ1n) is 3.37. The smallest absolute Gasteiger partial charge is 0.121 e. The van der Waals surface area contributed by atoms with Crippen LogP contribution < -0.4 is 5.73 Å². The Morgan fingerprint density at radius 1 is 1.70 bits per heavy atom. The van der Waals surface area contributed by atoms with Crippen LogP contribution >= 0.6 is 0 Å². The fourth-order valence-corrected chi connectivity index (χ4v) is 0.559. The lowest BCUT2D eigenvalue weighted by molar-refractivity contribution is -0.108. The molecule has 2 nitrogen and oxygen atoms in total. The summed E-state index contributed by atoms with van der Waals surface area (Å²) in [4.78, 5) is 10.1. The Hall–Kier alpha value is -0.630. The standard InChI is InChI=1S/C8H15NO/c1-4-8(2,3)7(9)5-6-10/h4,6-7H,1,5,9H2,2-3H3. The molecule has 0 aliphatic heterocycles. The predicted molar refractivity (Wildman–Crippen MR) is 42.6 cm³/mol. The molecule has 0 spiro atoms. The minimum absolute atomic E-state index is 0.109. The molecule has 0 aromatic rings. The van der Waals surface area contributed by atoms with Crippen molar-refractivity contribution >= 4 is 6.29 Å². The Balaban J connectivity index is 4.02. The van der Waals surface area contributed by atoms with E-state index in [9.17, 15) is 4.79 Å². The second kappa shape index (κ2) is 3.52. The van der Waals surface area contributed by atoms with E-state index in [-0.39, 0.29) is 11.5 Å². The van der Waals surface area contributed by atoms with Crippen LogP contribution in [0, 0.1) is 5.41 Å². The van der Waals surface area contributed by atoms with Crippen molar-refractivity contribution in [2.24, 2.45) is 11.1 Å². The molecule has 2 heteroatoms. The molecule has 0 rings (SSSR count). The van der Waals surface area contributed by atoms with Gasteiger partial charge in [-0.3, -0.25) is 0 Å². The minimum Gasteiger partial charge on any atom is -0.327 e. The van der Waals surface area contributed by atoms with Crippen molar-refractivity contribution < 1.29 is 4.79 Å². The van der Waals surface area contributed by atoms with Crippen molar-refractivity contribution in [3.63, 3.8) is 0 Å². The average molecular weight is 141 g/mol. The van der Waals surface area contributed by atoms with E-state index in [0.29, 0.717) is 6.42 Å². The Kier molecular flexibility index (Phi) is 3.30. The summed E-state index contributed by atoms with van der Waals surface area (Å²) in [6, 6.07) is -0.109. The summed E-state index contributed by atoms with van der Waals surface area (Å²) in [6.07, 6.45) is 3.02. The van der Waals surface area contributed by atoms with Gasteiger partial charge in [-0.25, -0.2) is 0 Å². The SMILES string of the molecule is C=CC(C)(C)C(N)CC=O. The first kappa shape index (κ1) is 9.37. The molecule has 10 heavy (non-hydrogen) atoms. The van der Waals surface area contributed by atoms with Gasteiger partial charge in [0.25, 0.3) is 0 Å². The molecule has 1 unspecified atom stereocenters. The maximum Gasteiger partial charge on any atom is 0.121 e. The molecule has 0 radical (unpaired) electrons. The van der Waals surface area contributed by atoms with E-state index in [2.05, 4.69) is 6.58 Å². The molecule has 1 atom stereocenters. The van der Waals surface area contributed by atoms with Gasteiger partial charge in [0, 0.05) is 12.5 Å². The number of aldehydes is 1. The largest absolute Gasteiger partial charge is 0.327 e. The number of carbonyl (C=O) groups is 1. The number of rotatable bonds is 4. The van der Waals surface area contributed by atoms with Crippen molar-refractivity contribution in [3.05, 3.63) is 12.7 Å². The molecule has 2 N–H and O–H groups in total. The van der Waals surface area contributed by atoms with Crippen molar-refractivity contribution in [2.45, 2.75) is 26.3 Å². The average Bonchev–Trinajstić information content (AvgIpc) is 1.89. The van der Waals surface area contributed by atoms with Crippen LogP contribution in [0.4, 0.5) is 0 Å². The van der Waals surface area contributed by atoms with Gasteiger partial charge < -0.3 is 10.5 Å². The maximum atomic E-state index is 10.1. The molecular weight excluding hydrogens is 126 g/mol. The number of hydrogen-bond donors (Lipinski definition) is 1. The van der Waals surface area contributed by atoms with Gasteiger partial charge in [-0.15, -0.1) is 6.58 Å². The van der Waals surface area contributed by atoms with Crippen molar-refractivity contribution in [1.82, 2.24) is 0 Å². The number of hydrogen-bond acceptors (Lipinski definition) is 2. The Labute approximate surface area is 62.1 Å². The zero-order valence-electron chi connectivity index (χ0n) is 6.63. The highest BCUT2D eigenvalue weighted by Crippen LogP contribution is 2.21. The molecule has 0 bridgehead atoms. The third kappa shape index (κ3) is 2.31. The van der Waals surface area contributed by atoms with Gasteiger partial charge in [-0.1, -0.05) is 19.9 Å². The maximum absolute atomic E-state index is 10.1. The van der Waals surface area contributed by atoms with Crippen LogP contribution in [0.5, 0.6) is 0 Å². The molecule has 0 aliphatic rings. The molecule has 0 fully saturated rings. The summed E-state index contributed by atoms with van der Waals surface area (Å²) in [5, 5.41) is 0. The van der Waals surface area contributed by atoms with Crippen molar-refractivity contribution in [3.8, 4) is 0 Å². The summed E-state index contributed by atoms with van der Waals surface area (Å²) in [5.41, 5.74) is 5.53. The van der Waals surface area contributed by atoms with E-state index in [1.54, 1.807) is 6.08 Å². The van der Waals surface area contributed by atoms with E-state index in [1.807, 2.05) is 13.8 Å². The lowest BCUT2D eigenvalue weighted by Gasteiger charge is -2.26. The zero-order chi connectivity index (χ0) is 8.20. The normalized spacial score (nSPS) is 14.3. The highest BCUT2D eigenvalue weighted by molar-refractivity contribution is 5.50. The van der Waals surface area contributed by atoms with Crippen LogP contribution in [0.1, 0.15) is 20.3 Å². The monoisotopic (exact) mass is 141 g/mol. The summed E-state index contributed by atoms with van der Waals surface area (Å²) in [5.74, 6) is 0. The quantitative estimate of drug-likeness (QED) is 0.471. The highest BCUT2D eigenvalue weighted by Gasteiger charge is 2.21. The van der Waals surface area contributed by atoms with Gasteiger partial charge in [-0.05, 0) is 5.41 Å². The fourth-order valence-electron chi connectivity index (χ4n) is 0.559. The summed E-state index contributed by atoms with van der Waals surface area (Å²) < 4.78 is 0. The van der Waals surface area contributed by atoms with Crippen LogP contribution in [0.25, 0.3) is 0 Å². The molecule has 58 valence electrons. The second-order valence-electron chi connectivity index (χ2n) is 3.03. The van der Waals surface area contributed by atoms with Gasteiger partial charge in [0.2, 0.25) is 0 Å². The fraction of sp³-hybridized carbons (Fsp3) is 0.625. The van der Waals surface area contributed by atoms with Crippen LogP contribution in [0.2, 0.25) is 0 Å². The van der Waals surface area contributed by atoms with E-state index < -0.39 is 0 Å². The van der Waals surface area contributed by atoms with Crippen LogP contribution in [-0.2, 0) is 4.79 Å². The van der Waals surface area contributed by atoms with E-state index in [1.165, 1.54) is 0 Å². The Morgan fingerprint density at radius 2 is 2.20 bits per heavy atom. The van der Waals surface area contributed by atoms with Gasteiger partial charge in [0.1, 0.15) is 6.29 Å². The van der Waals surface area contributed by atoms with Gasteiger partial charge >= 0.3 is 0 Å². The summed E-state index contributed by atoms with van der Waals surface area (Å²) in [7, 11) is 0. The Morgan fingerprint density at radius 3 is 2.50 bits per heavy atom. The molecule has 0 saturated heterocycles. The van der Waals surface area contributed by atoms with Crippen LogP contribution in [0.3, 0.4) is 0 Å². The predicted octanol–water partition coefficient (Wildman–Crippen LogP) is 1.11. The highest BCUT2D eigenvalue weighted by atomic mass is 16.1. The van der Waals surface area contributed by atoms with E-state index >= 15 is 0 Å². The zero-order valence-corrected chi connectivity index (χ0v) is 6.63. The summed E-state index contributed by atoms with van der Waals surface area (Å²) >= 11 is 0. The lowest BCUT2D eigenvalue weighted by Crippen LogP contribution is -2.35. The second-order valence-corrected chi connectivity index (χ2v) is 3.03. The third-order valence-corrected chi connectivity index (χ3v) is 1.83. The first-order valence-corrected chi connectivity index (χ1v) is 3.37. The molecule has 0 aromatic carbocycles. The minimum atomic E-state index is -0.138. The third-order valence-electron chi connectivity index (χ3n) is 1.83. The molecule has 0 aliphatic carbocycles. The Bertz CT molecular complexity index is 129. The van der Waals surface area contributed by atoms with E-state index in [0.717, 1.165) is 6.29 Å². The van der Waals surface area contributed by atoms with Gasteiger partial charge in [0.15, 0.2) is 0 Å². The molecule has 0 saturated carbocycles. The first-order chi connectivity index (χ1) is 4.54. The summed E-state index contributed by atoms with van der Waals surface area (Å²) in [6.45, 7) is 7.57. The van der Waals surface area contributed by atoms with Crippen molar-refractivity contribution in [2.75, 3.05) is 0 Å². The molecular formula is C8H15NO. The molecule has 0 aromatic heterocycles. The van der Waals surface area contributed by atoms with Crippen LogP contribution in [-0.4, -0.2) is 12.3 Å². The topological polar surface area (TPSA) is 43.1 Å².